The number of rotatable bonds is 4. The highest BCUT2D eigenvalue weighted by Gasteiger charge is 2.26. The number of amides is 2. The molecule has 1 saturated heterocycles. The predicted molar refractivity (Wildman–Crippen MR) is 109 cm³/mol. The molecule has 2 aromatic rings. The third kappa shape index (κ3) is 4.57. The molecule has 142 valence electrons. The van der Waals surface area contributed by atoms with Gasteiger partial charge in [-0.1, -0.05) is 13.0 Å². The van der Waals surface area contributed by atoms with Crippen molar-refractivity contribution in [2.24, 2.45) is 0 Å². The first kappa shape index (κ1) is 19.2. The molecule has 1 fully saturated rings. The molecular weight excluding hydrogens is 336 g/mol. The zero-order valence-electron chi connectivity index (χ0n) is 16.4. The second kappa shape index (κ2) is 8.38. The lowest BCUT2D eigenvalue weighted by molar-refractivity contribution is 0.0607. The SMILES string of the molecule is CCC1CCCCN1C(=O)c1ccc(C(=O)Nc2cc(C)cc(C)c2)cc1. The normalized spacial score (nSPS) is 16.9. The molecule has 4 heteroatoms. The Kier molecular flexibility index (Phi) is 5.94. The molecule has 0 spiro atoms. The highest BCUT2D eigenvalue weighted by molar-refractivity contribution is 6.05. The Labute approximate surface area is 161 Å². The summed E-state index contributed by atoms with van der Waals surface area (Å²) in [5.74, 6) is -0.0915. The molecule has 0 aliphatic carbocycles. The highest BCUT2D eigenvalue weighted by Crippen LogP contribution is 2.22. The average molecular weight is 364 g/mol. The number of hydrogen-bond acceptors (Lipinski definition) is 2. The van der Waals surface area contributed by atoms with Gasteiger partial charge in [0.1, 0.15) is 0 Å². The lowest BCUT2D eigenvalue weighted by atomic mass is 9.98. The standard InChI is InChI=1S/C23H28N2O2/c1-4-21-7-5-6-12-25(21)23(27)19-10-8-18(9-11-19)22(26)24-20-14-16(2)13-17(3)15-20/h8-11,13-15,21H,4-7,12H2,1-3H3,(H,24,26). The van der Waals surface area contributed by atoms with Crippen LogP contribution in [0.25, 0.3) is 0 Å². The fourth-order valence-corrected chi connectivity index (χ4v) is 3.87. The number of hydrogen-bond donors (Lipinski definition) is 1. The molecule has 2 aromatic carbocycles. The molecule has 1 unspecified atom stereocenters. The number of nitrogens with one attached hydrogen (secondary N) is 1. The highest BCUT2D eigenvalue weighted by atomic mass is 16.2. The van der Waals surface area contributed by atoms with Gasteiger partial charge in [-0.3, -0.25) is 9.59 Å². The van der Waals surface area contributed by atoms with Crippen LogP contribution in [0.5, 0.6) is 0 Å². The van der Waals surface area contributed by atoms with Crippen LogP contribution in [0.2, 0.25) is 0 Å². The number of likely N-dealkylation sites (tertiary alicyclic amines) is 1. The van der Waals surface area contributed by atoms with Crippen molar-refractivity contribution in [1.29, 1.82) is 0 Å². The molecule has 1 atom stereocenters. The first-order chi connectivity index (χ1) is 13.0. The van der Waals surface area contributed by atoms with E-state index in [4.69, 9.17) is 0 Å². The molecule has 0 radical (unpaired) electrons. The van der Waals surface area contributed by atoms with E-state index in [0.29, 0.717) is 17.2 Å². The Hall–Kier alpha value is -2.62. The van der Waals surface area contributed by atoms with Crippen LogP contribution >= 0.6 is 0 Å². The van der Waals surface area contributed by atoms with E-state index in [0.717, 1.165) is 42.6 Å². The van der Waals surface area contributed by atoms with Crippen LogP contribution < -0.4 is 5.32 Å². The summed E-state index contributed by atoms with van der Waals surface area (Å²) in [7, 11) is 0. The van der Waals surface area contributed by atoms with E-state index in [1.54, 1.807) is 24.3 Å². The van der Waals surface area contributed by atoms with Gasteiger partial charge in [0.05, 0.1) is 0 Å². The molecule has 1 heterocycles. The maximum Gasteiger partial charge on any atom is 0.255 e. The summed E-state index contributed by atoms with van der Waals surface area (Å²) in [4.78, 5) is 27.3. The molecule has 1 aliphatic rings. The van der Waals surface area contributed by atoms with Crippen LogP contribution in [0.1, 0.15) is 64.4 Å². The van der Waals surface area contributed by atoms with Gasteiger partial charge < -0.3 is 10.2 Å². The summed E-state index contributed by atoms with van der Waals surface area (Å²) in [5.41, 5.74) is 4.21. The van der Waals surface area contributed by atoms with Gasteiger partial charge in [0.15, 0.2) is 0 Å². The minimum Gasteiger partial charge on any atom is -0.336 e. The van der Waals surface area contributed by atoms with Crippen LogP contribution in [-0.4, -0.2) is 29.3 Å². The van der Waals surface area contributed by atoms with Crippen molar-refractivity contribution in [1.82, 2.24) is 4.90 Å². The van der Waals surface area contributed by atoms with E-state index in [9.17, 15) is 9.59 Å². The average Bonchev–Trinajstić information content (AvgIpc) is 2.66. The molecule has 0 aromatic heterocycles. The van der Waals surface area contributed by atoms with Crippen LogP contribution in [0.3, 0.4) is 0 Å². The minimum atomic E-state index is -0.164. The summed E-state index contributed by atoms with van der Waals surface area (Å²) in [6.45, 7) is 6.98. The van der Waals surface area contributed by atoms with Gasteiger partial charge in [-0.2, -0.15) is 0 Å². The zero-order chi connectivity index (χ0) is 19.4. The monoisotopic (exact) mass is 364 g/mol. The third-order valence-electron chi connectivity index (χ3n) is 5.23. The predicted octanol–water partition coefficient (Wildman–Crippen LogP) is 4.96. The third-order valence-corrected chi connectivity index (χ3v) is 5.23. The molecule has 1 aliphatic heterocycles. The fraction of sp³-hybridized carbons (Fsp3) is 0.391. The first-order valence-electron chi connectivity index (χ1n) is 9.78. The lowest BCUT2D eigenvalue weighted by Crippen LogP contribution is -2.43. The summed E-state index contributed by atoms with van der Waals surface area (Å²) in [6, 6.07) is 13.3. The molecule has 1 N–H and O–H groups in total. The van der Waals surface area contributed by atoms with E-state index in [1.165, 1.54) is 6.42 Å². The van der Waals surface area contributed by atoms with Crippen molar-refractivity contribution in [2.45, 2.75) is 52.5 Å². The molecule has 4 nitrogen and oxygen atoms in total. The molecular formula is C23H28N2O2. The van der Waals surface area contributed by atoms with E-state index in [-0.39, 0.29) is 11.8 Å². The maximum absolute atomic E-state index is 12.8. The summed E-state index contributed by atoms with van der Waals surface area (Å²) < 4.78 is 0. The lowest BCUT2D eigenvalue weighted by Gasteiger charge is -2.35. The summed E-state index contributed by atoms with van der Waals surface area (Å²) in [5, 5.41) is 2.93. The van der Waals surface area contributed by atoms with Crippen LogP contribution in [0, 0.1) is 13.8 Å². The fourth-order valence-electron chi connectivity index (χ4n) is 3.87. The maximum atomic E-state index is 12.8. The Morgan fingerprint density at radius 1 is 1.00 bits per heavy atom. The van der Waals surface area contributed by atoms with E-state index in [1.807, 2.05) is 30.9 Å². The Morgan fingerprint density at radius 2 is 1.63 bits per heavy atom. The van der Waals surface area contributed by atoms with Gasteiger partial charge in [0, 0.05) is 29.4 Å². The van der Waals surface area contributed by atoms with Crippen molar-refractivity contribution in [2.75, 3.05) is 11.9 Å². The molecule has 3 rings (SSSR count). The van der Waals surface area contributed by atoms with Crippen molar-refractivity contribution in [3.8, 4) is 0 Å². The van der Waals surface area contributed by atoms with Crippen molar-refractivity contribution in [3.63, 3.8) is 0 Å². The summed E-state index contributed by atoms with van der Waals surface area (Å²) >= 11 is 0. The molecule has 27 heavy (non-hydrogen) atoms. The van der Waals surface area contributed by atoms with Crippen molar-refractivity contribution < 1.29 is 9.59 Å². The number of aryl methyl sites for hydroxylation is 2. The quantitative estimate of drug-likeness (QED) is 0.833. The Balaban J connectivity index is 1.70. The number of anilines is 1. The molecule has 0 saturated carbocycles. The number of nitrogens with zero attached hydrogens (tertiary/aromatic N) is 1. The summed E-state index contributed by atoms with van der Waals surface area (Å²) in [6.07, 6.45) is 4.33. The Bertz CT molecular complexity index is 807. The van der Waals surface area contributed by atoms with Crippen molar-refractivity contribution >= 4 is 17.5 Å². The number of carbonyl (C=O) groups is 2. The van der Waals surface area contributed by atoms with E-state index < -0.39 is 0 Å². The van der Waals surface area contributed by atoms with Gasteiger partial charge in [-0.15, -0.1) is 0 Å². The van der Waals surface area contributed by atoms with Crippen LogP contribution in [0.4, 0.5) is 5.69 Å². The number of piperidine rings is 1. The Morgan fingerprint density at radius 3 is 2.26 bits per heavy atom. The topological polar surface area (TPSA) is 49.4 Å². The molecule has 0 bridgehead atoms. The van der Waals surface area contributed by atoms with Crippen molar-refractivity contribution in [3.05, 3.63) is 64.7 Å². The second-order valence-corrected chi connectivity index (χ2v) is 7.46. The van der Waals surface area contributed by atoms with Gasteiger partial charge in [0.25, 0.3) is 11.8 Å². The smallest absolute Gasteiger partial charge is 0.255 e. The first-order valence-corrected chi connectivity index (χ1v) is 9.78. The minimum absolute atomic E-state index is 0.0721. The van der Waals surface area contributed by atoms with Gasteiger partial charge in [-0.05, 0) is 87.1 Å². The number of benzene rings is 2. The second-order valence-electron chi connectivity index (χ2n) is 7.46. The van der Waals surface area contributed by atoms with Crippen LogP contribution in [-0.2, 0) is 0 Å². The van der Waals surface area contributed by atoms with E-state index >= 15 is 0 Å². The van der Waals surface area contributed by atoms with Gasteiger partial charge in [-0.25, -0.2) is 0 Å². The molecule has 2 amide bonds. The zero-order valence-corrected chi connectivity index (χ0v) is 16.4. The van der Waals surface area contributed by atoms with Gasteiger partial charge >= 0.3 is 0 Å². The number of carbonyl (C=O) groups excluding carboxylic acids is 2. The largest absolute Gasteiger partial charge is 0.336 e. The van der Waals surface area contributed by atoms with Gasteiger partial charge in [0.2, 0.25) is 0 Å². The van der Waals surface area contributed by atoms with E-state index in [2.05, 4.69) is 18.3 Å². The van der Waals surface area contributed by atoms with Crippen LogP contribution in [0.15, 0.2) is 42.5 Å².